The van der Waals surface area contributed by atoms with Crippen molar-refractivity contribution >= 4 is 22.6 Å². The van der Waals surface area contributed by atoms with Gasteiger partial charge in [-0.05, 0) is 18.8 Å². The topological polar surface area (TPSA) is 27.1 Å². The lowest BCUT2D eigenvalue weighted by Crippen LogP contribution is -2.22. The average Bonchev–Trinajstić information content (AvgIpc) is 2.84. The van der Waals surface area contributed by atoms with Crippen molar-refractivity contribution in [3.63, 3.8) is 0 Å². The molecule has 2 atom stereocenters. The van der Waals surface area contributed by atoms with Crippen LogP contribution in [0.2, 0.25) is 0 Å². The number of alkyl halides is 1. The Morgan fingerprint density at radius 2 is 2.14 bits per heavy atom. The number of ether oxygens (including phenoxy) is 1. The van der Waals surface area contributed by atoms with E-state index in [1.807, 2.05) is 0 Å². The molecule has 0 radical (unpaired) electrons. The quantitative estimate of drug-likeness (QED) is 0.770. The molecule has 1 saturated carbocycles. The maximum atomic E-state index is 13.9. The summed E-state index contributed by atoms with van der Waals surface area (Å²) in [6.45, 7) is 2.27. The van der Waals surface area contributed by atoms with Crippen LogP contribution in [0.25, 0.3) is 11.0 Å². The van der Waals surface area contributed by atoms with Crippen LogP contribution in [0.1, 0.15) is 44.5 Å². The van der Waals surface area contributed by atoms with E-state index in [4.69, 9.17) is 16.3 Å². The second-order valence-electron chi connectivity index (χ2n) is 5.84. The molecule has 114 valence electrons. The molecule has 21 heavy (non-hydrogen) atoms. The number of methoxy groups -OCH3 is 1. The smallest absolute Gasteiger partial charge is 0.167 e. The van der Waals surface area contributed by atoms with E-state index in [9.17, 15) is 4.39 Å². The SMILES string of the molecule is COc1cc2c(cc1F)nc(CCl)n2C1CCCCC1C. The number of aromatic nitrogens is 2. The second-order valence-corrected chi connectivity index (χ2v) is 6.10. The summed E-state index contributed by atoms with van der Waals surface area (Å²) < 4.78 is 21.2. The van der Waals surface area contributed by atoms with Gasteiger partial charge in [-0.3, -0.25) is 0 Å². The van der Waals surface area contributed by atoms with Gasteiger partial charge in [0.25, 0.3) is 0 Å². The Kier molecular flexibility index (Phi) is 4.07. The van der Waals surface area contributed by atoms with Gasteiger partial charge in [-0.15, -0.1) is 11.6 Å². The van der Waals surface area contributed by atoms with Crippen molar-refractivity contribution in [1.82, 2.24) is 9.55 Å². The molecule has 3 nitrogen and oxygen atoms in total. The van der Waals surface area contributed by atoms with Crippen molar-refractivity contribution in [2.45, 2.75) is 44.5 Å². The van der Waals surface area contributed by atoms with Crippen LogP contribution in [0.5, 0.6) is 5.75 Å². The molecule has 1 aromatic heterocycles. The molecule has 2 aromatic rings. The predicted octanol–water partition coefficient (Wildman–Crippen LogP) is 4.67. The highest BCUT2D eigenvalue weighted by molar-refractivity contribution is 6.16. The predicted molar refractivity (Wildman–Crippen MR) is 82.5 cm³/mol. The Labute approximate surface area is 129 Å². The van der Waals surface area contributed by atoms with Gasteiger partial charge in [0.1, 0.15) is 5.82 Å². The highest BCUT2D eigenvalue weighted by Crippen LogP contribution is 2.38. The molecular formula is C16H20ClFN2O. The summed E-state index contributed by atoms with van der Waals surface area (Å²) >= 11 is 6.08. The first kappa shape index (κ1) is 14.6. The second kappa shape index (κ2) is 5.84. The van der Waals surface area contributed by atoms with Gasteiger partial charge in [-0.1, -0.05) is 19.8 Å². The Hall–Kier alpha value is -1.29. The van der Waals surface area contributed by atoms with Crippen molar-refractivity contribution in [2.75, 3.05) is 7.11 Å². The van der Waals surface area contributed by atoms with Crippen molar-refractivity contribution in [1.29, 1.82) is 0 Å². The Morgan fingerprint density at radius 1 is 1.38 bits per heavy atom. The van der Waals surface area contributed by atoms with E-state index in [-0.39, 0.29) is 11.6 Å². The molecule has 1 aliphatic carbocycles. The molecule has 0 amide bonds. The molecule has 1 fully saturated rings. The third-order valence-corrected chi connectivity index (χ3v) is 4.79. The van der Waals surface area contributed by atoms with Gasteiger partial charge in [-0.2, -0.15) is 0 Å². The van der Waals surface area contributed by atoms with E-state index < -0.39 is 0 Å². The molecule has 1 heterocycles. The van der Waals surface area contributed by atoms with E-state index in [1.165, 1.54) is 32.4 Å². The van der Waals surface area contributed by atoms with Gasteiger partial charge in [0.15, 0.2) is 11.6 Å². The third kappa shape index (κ3) is 2.50. The molecule has 5 heteroatoms. The van der Waals surface area contributed by atoms with Crippen LogP contribution in [-0.2, 0) is 5.88 Å². The van der Waals surface area contributed by atoms with Crippen LogP contribution in [-0.4, -0.2) is 16.7 Å². The van der Waals surface area contributed by atoms with Crippen LogP contribution in [0, 0.1) is 11.7 Å². The van der Waals surface area contributed by atoms with Crippen molar-refractivity contribution in [3.05, 3.63) is 23.8 Å². The number of hydrogen-bond donors (Lipinski definition) is 0. The number of rotatable bonds is 3. The lowest BCUT2D eigenvalue weighted by Gasteiger charge is -2.31. The lowest BCUT2D eigenvalue weighted by atomic mass is 9.85. The fraction of sp³-hybridized carbons (Fsp3) is 0.562. The van der Waals surface area contributed by atoms with Crippen LogP contribution >= 0.6 is 11.6 Å². The number of benzene rings is 1. The van der Waals surface area contributed by atoms with Gasteiger partial charge in [0.05, 0.1) is 24.0 Å². The molecule has 0 aliphatic heterocycles. The molecule has 2 unspecified atom stereocenters. The van der Waals surface area contributed by atoms with Crippen molar-refractivity contribution in [3.8, 4) is 5.75 Å². The van der Waals surface area contributed by atoms with E-state index in [1.54, 1.807) is 6.07 Å². The van der Waals surface area contributed by atoms with Gasteiger partial charge in [0.2, 0.25) is 0 Å². The first-order chi connectivity index (χ1) is 10.2. The Bertz CT molecular complexity index is 655. The van der Waals surface area contributed by atoms with Crippen LogP contribution in [0.4, 0.5) is 4.39 Å². The van der Waals surface area contributed by atoms with Crippen LogP contribution < -0.4 is 4.74 Å². The van der Waals surface area contributed by atoms with Gasteiger partial charge >= 0.3 is 0 Å². The zero-order chi connectivity index (χ0) is 15.0. The van der Waals surface area contributed by atoms with Crippen molar-refractivity contribution < 1.29 is 9.13 Å². The maximum absolute atomic E-state index is 13.9. The summed E-state index contributed by atoms with van der Waals surface area (Å²) in [7, 11) is 1.48. The fourth-order valence-electron chi connectivity index (χ4n) is 3.45. The Balaban J connectivity index is 2.18. The van der Waals surface area contributed by atoms with E-state index in [0.717, 1.165) is 17.8 Å². The molecule has 1 aromatic carbocycles. The number of halogens is 2. The summed E-state index contributed by atoms with van der Waals surface area (Å²) in [5, 5.41) is 0. The standard InChI is InChI=1S/C16H20ClFN2O/c1-10-5-3-4-6-13(10)20-14-8-15(21-2)11(18)7-12(14)19-16(20)9-17/h7-8,10,13H,3-6,9H2,1-2H3. The summed E-state index contributed by atoms with van der Waals surface area (Å²) in [6.07, 6.45) is 4.83. The zero-order valence-electron chi connectivity index (χ0n) is 12.4. The number of hydrogen-bond acceptors (Lipinski definition) is 2. The summed E-state index contributed by atoms with van der Waals surface area (Å²) in [5.41, 5.74) is 1.57. The number of imidazole rings is 1. The number of fused-ring (bicyclic) bond motifs is 1. The normalized spacial score (nSPS) is 22.7. The Morgan fingerprint density at radius 3 is 2.81 bits per heavy atom. The first-order valence-electron chi connectivity index (χ1n) is 7.46. The molecular weight excluding hydrogens is 291 g/mol. The fourth-order valence-corrected chi connectivity index (χ4v) is 3.64. The summed E-state index contributed by atoms with van der Waals surface area (Å²) in [5.74, 6) is 1.61. The molecule has 3 rings (SSSR count). The number of nitrogens with zero attached hydrogens (tertiary/aromatic N) is 2. The third-order valence-electron chi connectivity index (χ3n) is 4.55. The minimum Gasteiger partial charge on any atom is -0.494 e. The zero-order valence-corrected chi connectivity index (χ0v) is 13.2. The highest BCUT2D eigenvalue weighted by atomic mass is 35.5. The first-order valence-corrected chi connectivity index (χ1v) is 7.99. The highest BCUT2D eigenvalue weighted by Gasteiger charge is 2.27. The van der Waals surface area contributed by atoms with Gasteiger partial charge in [0, 0.05) is 18.2 Å². The van der Waals surface area contributed by atoms with Gasteiger partial charge in [-0.25, -0.2) is 9.37 Å². The van der Waals surface area contributed by atoms with E-state index >= 15 is 0 Å². The van der Waals surface area contributed by atoms with Crippen LogP contribution in [0.3, 0.4) is 0 Å². The molecule has 0 bridgehead atoms. The minimum absolute atomic E-state index is 0.258. The average molecular weight is 311 g/mol. The maximum Gasteiger partial charge on any atom is 0.167 e. The van der Waals surface area contributed by atoms with Gasteiger partial charge < -0.3 is 9.30 Å². The molecule has 0 spiro atoms. The summed E-state index contributed by atoms with van der Waals surface area (Å²) in [4.78, 5) is 4.51. The molecule has 0 saturated heterocycles. The van der Waals surface area contributed by atoms with Crippen molar-refractivity contribution in [2.24, 2.45) is 5.92 Å². The lowest BCUT2D eigenvalue weighted by molar-refractivity contribution is 0.258. The minimum atomic E-state index is -0.382. The molecule has 1 aliphatic rings. The van der Waals surface area contributed by atoms with E-state index in [2.05, 4.69) is 16.5 Å². The summed E-state index contributed by atoms with van der Waals surface area (Å²) in [6, 6.07) is 3.57. The van der Waals surface area contributed by atoms with E-state index in [0.29, 0.717) is 23.4 Å². The monoisotopic (exact) mass is 310 g/mol. The largest absolute Gasteiger partial charge is 0.494 e. The van der Waals surface area contributed by atoms with Crippen LogP contribution in [0.15, 0.2) is 12.1 Å². The molecule has 0 N–H and O–H groups in total.